The first-order chi connectivity index (χ1) is 6.33. The van der Waals surface area contributed by atoms with Gasteiger partial charge in [-0.25, -0.2) is 0 Å². The van der Waals surface area contributed by atoms with E-state index in [-0.39, 0.29) is 12.0 Å². The lowest BCUT2D eigenvalue weighted by molar-refractivity contribution is 0.289. The van der Waals surface area contributed by atoms with Crippen molar-refractivity contribution in [3.63, 3.8) is 0 Å². The van der Waals surface area contributed by atoms with Gasteiger partial charge in [-0.15, -0.1) is 11.6 Å². The third-order valence-corrected chi connectivity index (χ3v) is 2.03. The van der Waals surface area contributed by atoms with Crippen LogP contribution in [0.3, 0.4) is 0 Å². The number of alkyl halides is 1. The van der Waals surface area contributed by atoms with Crippen molar-refractivity contribution < 1.29 is 5.11 Å². The van der Waals surface area contributed by atoms with E-state index < -0.39 is 0 Å². The van der Waals surface area contributed by atoms with E-state index in [0.717, 1.165) is 6.54 Å². The molecule has 13 heavy (non-hydrogen) atoms. The Labute approximate surface area is 83.5 Å². The number of aliphatic hydroxyl groups is 1. The molecule has 0 aliphatic rings. The predicted molar refractivity (Wildman–Crippen MR) is 54.9 cm³/mol. The molecular formula is C10H14ClNO. The zero-order valence-electron chi connectivity index (χ0n) is 7.41. The lowest BCUT2D eigenvalue weighted by Crippen LogP contribution is -2.25. The number of nitrogens with one attached hydrogen (secondary N) is 1. The van der Waals surface area contributed by atoms with Gasteiger partial charge in [-0.1, -0.05) is 30.3 Å². The average molecular weight is 200 g/mol. The molecule has 0 aromatic heterocycles. The maximum atomic E-state index is 8.66. The summed E-state index contributed by atoms with van der Waals surface area (Å²) in [7, 11) is 0. The molecule has 0 bridgehead atoms. The zero-order chi connectivity index (χ0) is 9.52. The first-order valence-corrected chi connectivity index (χ1v) is 4.76. The second-order valence-electron chi connectivity index (χ2n) is 2.90. The molecule has 0 aliphatic carbocycles. The molecule has 0 aliphatic heterocycles. The van der Waals surface area contributed by atoms with Gasteiger partial charge in [0.15, 0.2) is 0 Å². The number of benzene rings is 1. The van der Waals surface area contributed by atoms with E-state index in [1.807, 2.05) is 18.2 Å². The topological polar surface area (TPSA) is 32.3 Å². The molecule has 2 nitrogen and oxygen atoms in total. The maximum Gasteiger partial charge on any atom is 0.0691 e. The molecule has 0 fully saturated rings. The van der Waals surface area contributed by atoms with Crippen molar-refractivity contribution in [3.8, 4) is 0 Å². The van der Waals surface area contributed by atoms with E-state index in [0.29, 0.717) is 6.54 Å². The fourth-order valence-corrected chi connectivity index (χ4v) is 1.14. The summed E-state index contributed by atoms with van der Waals surface area (Å²) >= 11 is 5.72. The van der Waals surface area contributed by atoms with Gasteiger partial charge in [0.05, 0.1) is 12.0 Å². The van der Waals surface area contributed by atoms with Crippen LogP contribution in [0.5, 0.6) is 0 Å². The summed E-state index contributed by atoms with van der Waals surface area (Å²) in [4.78, 5) is 0. The van der Waals surface area contributed by atoms with Gasteiger partial charge in [-0.3, -0.25) is 0 Å². The van der Waals surface area contributed by atoms with Crippen LogP contribution >= 0.6 is 11.6 Å². The molecule has 1 atom stereocenters. The van der Waals surface area contributed by atoms with Crippen molar-refractivity contribution in [1.82, 2.24) is 5.32 Å². The standard InChI is InChI=1S/C10H14ClNO/c11-10(8-13)7-12-6-9-4-2-1-3-5-9/h1-5,10,12-13H,6-8H2. The smallest absolute Gasteiger partial charge is 0.0691 e. The monoisotopic (exact) mass is 199 g/mol. The van der Waals surface area contributed by atoms with Crippen molar-refractivity contribution >= 4 is 11.6 Å². The summed E-state index contributed by atoms with van der Waals surface area (Å²) in [6.07, 6.45) is 0. The number of hydrogen-bond acceptors (Lipinski definition) is 2. The minimum Gasteiger partial charge on any atom is -0.395 e. The second kappa shape index (κ2) is 5.97. The largest absolute Gasteiger partial charge is 0.395 e. The molecule has 0 amide bonds. The molecule has 1 aromatic carbocycles. The van der Waals surface area contributed by atoms with Gasteiger partial charge in [-0.05, 0) is 5.56 Å². The number of aliphatic hydroxyl groups excluding tert-OH is 1. The summed E-state index contributed by atoms with van der Waals surface area (Å²) in [5.41, 5.74) is 1.23. The van der Waals surface area contributed by atoms with Crippen LogP contribution in [-0.2, 0) is 6.54 Å². The van der Waals surface area contributed by atoms with Gasteiger partial charge in [0.2, 0.25) is 0 Å². The Morgan fingerprint density at radius 2 is 2.00 bits per heavy atom. The van der Waals surface area contributed by atoms with E-state index in [1.165, 1.54) is 5.56 Å². The maximum absolute atomic E-state index is 8.66. The SMILES string of the molecule is OCC(Cl)CNCc1ccccc1. The number of halogens is 1. The van der Waals surface area contributed by atoms with Gasteiger partial charge in [-0.2, -0.15) is 0 Å². The molecule has 0 spiro atoms. The van der Waals surface area contributed by atoms with Gasteiger partial charge in [0, 0.05) is 13.1 Å². The molecule has 72 valence electrons. The number of hydrogen-bond donors (Lipinski definition) is 2. The normalized spacial score (nSPS) is 12.8. The Hall–Kier alpha value is -0.570. The molecule has 1 rings (SSSR count). The fraction of sp³-hybridized carbons (Fsp3) is 0.400. The quantitative estimate of drug-likeness (QED) is 0.703. The minimum absolute atomic E-state index is 0.0172. The van der Waals surface area contributed by atoms with Crippen molar-refractivity contribution in [2.24, 2.45) is 0 Å². The lowest BCUT2D eigenvalue weighted by Gasteiger charge is -2.07. The van der Waals surface area contributed by atoms with Crippen LogP contribution in [0.25, 0.3) is 0 Å². The summed E-state index contributed by atoms with van der Waals surface area (Å²) in [5, 5.41) is 11.6. The molecule has 0 heterocycles. The van der Waals surface area contributed by atoms with E-state index in [4.69, 9.17) is 16.7 Å². The Balaban J connectivity index is 2.20. The van der Waals surface area contributed by atoms with Crippen molar-refractivity contribution in [3.05, 3.63) is 35.9 Å². The van der Waals surface area contributed by atoms with E-state index in [1.54, 1.807) is 0 Å². The van der Waals surface area contributed by atoms with Crippen LogP contribution in [0.15, 0.2) is 30.3 Å². The highest BCUT2D eigenvalue weighted by atomic mass is 35.5. The molecule has 1 unspecified atom stereocenters. The van der Waals surface area contributed by atoms with Crippen molar-refractivity contribution in [2.75, 3.05) is 13.2 Å². The zero-order valence-corrected chi connectivity index (χ0v) is 8.17. The molecule has 0 saturated heterocycles. The van der Waals surface area contributed by atoms with E-state index >= 15 is 0 Å². The van der Waals surface area contributed by atoms with Crippen LogP contribution in [0.1, 0.15) is 5.56 Å². The minimum atomic E-state index is -0.191. The van der Waals surface area contributed by atoms with Crippen LogP contribution in [0, 0.1) is 0 Å². The van der Waals surface area contributed by atoms with Crippen LogP contribution < -0.4 is 5.32 Å². The van der Waals surface area contributed by atoms with E-state index in [9.17, 15) is 0 Å². The molecular weight excluding hydrogens is 186 g/mol. The molecule has 0 radical (unpaired) electrons. The van der Waals surface area contributed by atoms with Gasteiger partial charge in [0.25, 0.3) is 0 Å². The lowest BCUT2D eigenvalue weighted by atomic mass is 10.2. The predicted octanol–water partition coefficient (Wildman–Crippen LogP) is 1.38. The van der Waals surface area contributed by atoms with Crippen LogP contribution in [0.2, 0.25) is 0 Å². The first kappa shape index (κ1) is 10.5. The Bertz CT molecular complexity index is 228. The molecule has 3 heteroatoms. The highest BCUT2D eigenvalue weighted by Crippen LogP contribution is 1.98. The Kier molecular flexibility index (Phi) is 4.83. The van der Waals surface area contributed by atoms with Crippen molar-refractivity contribution in [2.45, 2.75) is 11.9 Å². The highest BCUT2D eigenvalue weighted by molar-refractivity contribution is 6.20. The Morgan fingerprint density at radius 1 is 1.31 bits per heavy atom. The summed E-state index contributed by atoms with van der Waals surface area (Å²) in [5.74, 6) is 0. The second-order valence-corrected chi connectivity index (χ2v) is 3.51. The highest BCUT2D eigenvalue weighted by Gasteiger charge is 2.00. The molecule has 2 N–H and O–H groups in total. The molecule has 0 saturated carbocycles. The molecule has 1 aromatic rings. The fourth-order valence-electron chi connectivity index (χ4n) is 1.03. The summed E-state index contributed by atoms with van der Waals surface area (Å²) < 4.78 is 0. The first-order valence-electron chi connectivity index (χ1n) is 4.32. The van der Waals surface area contributed by atoms with Crippen LogP contribution in [-0.4, -0.2) is 23.6 Å². The summed E-state index contributed by atoms with van der Waals surface area (Å²) in [6, 6.07) is 10.1. The number of rotatable bonds is 5. The summed E-state index contributed by atoms with van der Waals surface area (Å²) in [6.45, 7) is 1.44. The third kappa shape index (κ3) is 4.27. The van der Waals surface area contributed by atoms with E-state index in [2.05, 4.69) is 17.4 Å². The van der Waals surface area contributed by atoms with Gasteiger partial charge >= 0.3 is 0 Å². The van der Waals surface area contributed by atoms with Gasteiger partial charge in [0.1, 0.15) is 0 Å². The Morgan fingerprint density at radius 3 is 2.62 bits per heavy atom. The van der Waals surface area contributed by atoms with Crippen molar-refractivity contribution in [1.29, 1.82) is 0 Å². The third-order valence-electron chi connectivity index (χ3n) is 1.74. The van der Waals surface area contributed by atoms with Gasteiger partial charge < -0.3 is 10.4 Å². The average Bonchev–Trinajstić information content (AvgIpc) is 2.19. The van der Waals surface area contributed by atoms with Crippen LogP contribution in [0.4, 0.5) is 0 Å².